The third-order valence-corrected chi connectivity index (χ3v) is 6.84. The van der Waals surface area contributed by atoms with E-state index in [1.54, 1.807) is 6.07 Å². The van der Waals surface area contributed by atoms with Crippen molar-refractivity contribution in [3.63, 3.8) is 0 Å². The van der Waals surface area contributed by atoms with E-state index in [0.29, 0.717) is 11.3 Å². The number of ether oxygens (including phenoxy) is 2. The Balaban J connectivity index is 1.57. The van der Waals surface area contributed by atoms with Gasteiger partial charge in [-0.05, 0) is 65.4 Å². The summed E-state index contributed by atoms with van der Waals surface area (Å²) in [5.74, 6) is 0. The topological polar surface area (TPSA) is 81.0 Å². The van der Waals surface area contributed by atoms with E-state index in [4.69, 9.17) is 13.9 Å². The molecule has 4 aromatic rings. The van der Waals surface area contributed by atoms with Crippen molar-refractivity contribution >= 4 is 22.7 Å². The molecule has 1 N–H and O–H groups in total. The summed E-state index contributed by atoms with van der Waals surface area (Å²) in [5, 5.41) is 3.56. The van der Waals surface area contributed by atoms with Gasteiger partial charge in [-0.15, -0.1) is 0 Å². The highest BCUT2D eigenvalue weighted by atomic mass is 16.5. The number of anilines is 1. The van der Waals surface area contributed by atoms with Crippen molar-refractivity contribution in [3.05, 3.63) is 87.8 Å². The molecule has 0 spiro atoms. The zero-order valence-electron chi connectivity index (χ0n) is 21.3. The van der Waals surface area contributed by atoms with E-state index in [1.165, 1.54) is 18.7 Å². The molecule has 7 nitrogen and oxygen atoms in total. The maximum Gasteiger partial charge on any atom is 0.411 e. The second kappa shape index (κ2) is 10.6. The molecule has 2 heterocycles. The third kappa shape index (κ3) is 5.28. The second-order valence-corrected chi connectivity index (χ2v) is 9.33. The first kappa shape index (κ1) is 24.7. The van der Waals surface area contributed by atoms with Gasteiger partial charge in [-0.2, -0.15) is 0 Å². The minimum atomic E-state index is -0.555. The van der Waals surface area contributed by atoms with Crippen molar-refractivity contribution in [2.75, 3.05) is 38.7 Å². The van der Waals surface area contributed by atoms with E-state index < -0.39 is 11.7 Å². The Labute approximate surface area is 215 Å². The van der Waals surface area contributed by atoms with Gasteiger partial charge < -0.3 is 13.9 Å². The van der Waals surface area contributed by atoms with Gasteiger partial charge in [-0.25, -0.2) is 9.59 Å². The van der Waals surface area contributed by atoms with E-state index >= 15 is 0 Å². The van der Waals surface area contributed by atoms with Crippen LogP contribution in [0.2, 0.25) is 0 Å². The molecule has 5 rings (SSSR count). The number of hydrogen-bond donors (Lipinski definition) is 1. The van der Waals surface area contributed by atoms with Gasteiger partial charge >= 0.3 is 11.7 Å². The first-order valence-electron chi connectivity index (χ1n) is 12.4. The first-order valence-corrected chi connectivity index (χ1v) is 12.4. The van der Waals surface area contributed by atoms with Gasteiger partial charge in [-0.3, -0.25) is 10.2 Å². The zero-order chi connectivity index (χ0) is 25.9. The number of nitrogens with one attached hydrogen (secondary N) is 1. The Morgan fingerprint density at radius 3 is 2.49 bits per heavy atom. The lowest BCUT2D eigenvalue weighted by Crippen LogP contribution is -2.35. The molecule has 7 heteroatoms. The summed E-state index contributed by atoms with van der Waals surface area (Å²) in [6.45, 7) is 8.49. The van der Waals surface area contributed by atoms with Gasteiger partial charge in [0.05, 0.1) is 20.3 Å². The predicted octanol–water partition coefficient (Wildman–Crippen LogP) is 5.75. The van der Waals surface area contributed by atoms with Crippen LogP contribution in [-0.2, 0) is 16.0 Å². The maximum absolute atomic E-state index is 12.5. The Kier molecular flexibility index (Phi) is 7.08. The molecule has 1 amide bonds. The van der Waals surface area contributed by atoms with Crippen molar-refractivity contribution in [1.29, 1.82) is 0 Å². The number of amides is 1. The molecule has 1 aromatic heterocycles. The van der Waals surface area contributed by atoms with Crippen LogP contribution in [0.25, 0.3) is 33.2 Å². The molecule has 37 heavy (non-hydrogen) atoms. The summed E-state index contributed by atoms with van der Waals surface area (Å²) in [5.41, 5.74) is 7.80. The summed E-state index contributed by atoms with van der Waals surface area (Å²) in [6, 6.07) is 19.5. The van der Waals surface area contributed by atoms with Gasteiger partial charge in [-0.1, -0.05) is 36.4 Å². The molecule has 3 aromatic carbocycles. The Morgan fingerprint density at radius 1 is 1.00 bits per heavy atom. The van der Waals surface area contributed by atoms with Crippen LogP contribution in [0.4, 0.5) is 10.5 Å². The number of nitrogens with zero attached hydrogens (tertiary/aromatic N) is 1. The molecule has 190 valence electrons. The molecule has 0 aliphatic carbocycles. The van der Waals surface area contributed by atoms with E-state index in [-0.39, 0.29) is 0 Å². The molecule has 0 unspecified atom stereocenters. The molecule has 1 aliphatic heterocycles. The Bertz CT molecular complexity index is 1500. The number of carbonyl (C=O) groups excluding carboxylic acids is 1. The molecule has 0 atom stereocenters. The van der Waals surface area contributed by atoms with Crippen LogP contribution < -0.4 is 10.9 Å². The molecule has 1 aliphatic rings. The minimum Gasteiger partial charge on any atom is -0.453 e. The quantitative estimate of drug-likeness (QED) is 0.353. The fraction of sp³-hybridized carbons (Fsp3) is 0.267. The number of rotatable bonds is 5. The highest BCUT2D eigenvalue weighted by Gasteiger charge is 2.17. The number of methoxy groups -OCH3 is 1. The molecule has 1 fully saturated rings. The van der Waals surface area contributed by atoms with Crippen molar-refractivity contribution in [3.8, 4) is 22.3 Å². The van der Waals surface area contributed by atoms with Gasteiger partial charge in [0.25, 0.3) is 0 Å². The number of carbonyl (C=O) groups is 1. The van der Waals surface area contributed by atoms with Crippen LogP contribution in [0.15, 0.2) is 69.9 Å². The van der Waals surface area contributed by atoms with Gasteiger partial charge in [0, 0.05) is 42.3 Å². The summed E-state index contributed by atoms with van der Waals surface area (Å²) in [4.78, 5) is 26.6. The predicted molar refractivity (Wildman–Crippen MR) is 145 cm³/mol. The van der Waals surface area contributed by atoms with Crippen LogP contribution in [0.5, 0.6) is 0 Å². The molecular weight excluding hydrogens is 468 g/mol. The average molecular weight is 499 g/mol. The Hall–Kier alpha value is -3.94. The zero-order valence-corrected chi connectivity index (χ0v) is 21.3. The van der Waals surface area contributed by atoms with E-state index in [1.807, 2.05) is 31.2 Å². The molecule has 0 radical (unpaired) electrons. The van der Waals surface area contributed by atoms with Crippen molar-refractivity contribution in [2.45, 2.75) is 20.4 Å². The van der Waals surface area contributed by atoms with Crippen LogP contribution >= 0.6 is 0 Å². The number of morpholine rings is 1. The Morgan fingerprint density at radius 2 is 1.76 bits per heavy atom. The van der Waals surface area contributed by atoms with Gasteiger partial charge in [0.1, 0.15) is 5.58 Å². The summed E-state index contributed by atoms with van der Waals surface area (Å²) in [7, 11) is 1.32. The van der Waals surface area contributed by atoms with Crippen molar-refractivity contribution in [2.24, 2.45) is 0 Å². The minimum absolute atomic E-state index is 0.423. The van der Waals surface area contributed by atoms with E-state index in [2.05, 4.69) is 41.4 Å². The first-order chi connectivity index (χ1) is 17.9. The summed E-state index contributed by atoms with van der Waals surface area (Å²) in [6.07, 6.45) is -0.555. The standard InChI is InChI=1S/C30H30N2O5/c1-19-15-26-29(25(17-27(33)37-26)23-5-4-6-24(16-23)31-30(34)35-3)20(2)28(19)22-9-7-21(8-10-22)18-32-11-13-36-14-12-32/h4-10,15-17H,11-14,18H2,1-3H3,(H,31,34). The van der Waals surface area contributed by atoms with Crippen molar-refractivity contribution in [1.82, 2.24) is 4.90 Å². The van der Waals surface area contributed by atoms with Crippen LogP contribution in [0, 0.1) is 13.8 Å². The van der Waals surface area contributed by atoms with Crippen LogP contribution in [0.1, 0.15) is 16.7 Å². The number of fused-ring (bicyclic) bond motifs is 1. The van der Waals surface area contributed by atoms with Gasteiger partial charge in [0.2, 0.25) is 0 Å². The fourth-order valence-electron chi connectivity index (χ4n) is 5.09. The second-order valence-electron chi connectivity index (χ2n) is 9.33. The monoisotopic (exact) mass is 498 g/mol. The lowest BCUT2D eigenvalue weighted by atomic mass is 9.89. The number of aryl methyl sites for hydroxylation is 2. The largest absolute Gasteiger partial charge is 0.453 e. The molecule has 0 bridgehead atoms. The van der Waals surface area contributed by atoms with E-state index in [0.717, 1.165) is 71.6 Å². The van der Waals surface area contributed by atoms with Gasteiger partial charge in [0.15, 0.2) is 0 Å². The highest BCUT2D eigenvalue weighted by molar-refractivity contribution is 6.00. The van der Waals surface area contributed by atoms with Crippen LogP contribution in [0.3, 0.4) is 0 Å². The number of hydrogen-bond acceptors (Lipinski definition) is 6. The summed E-state index contributed by atoms with van der Waals surface area (Å²) < 4.78 is 15.8. The average Bonchev–Trinajstić information content (AvgIpc) is 2.89. The molecular formula is C30H30N2O5. The number of benzene rings is 3. The molecule has 0 saturated carbocycles. The van der Waals surface area contributed by atoms with E-state index in [9.17, 15) is 9.59 Å². The lowest BCUT2D eigenvalue weighted by Gasteiger charge is -2.26. The summed E-state index contributed by atoms with van der Waals surface area (Å²) >= 11 is 0. The fourth-order valence-corrected chi connectivity index (χ4v) is 5.09. The van der Waals surface area contributed by atoms with Crippen molar-refractivity contribution < 1.29 is 18.7 Å². The molecule has 1 saturated heterocycles. The smallest absolute Gasteiger partial charge is 0.411 e. The third-order valence-electron chi connectivity index (χ3n) is 6.84. The SMILES string of the molecule is COC(=O)Nc1cccc(-c2cc(=O)oc3cc(C)c(-c4ccc(CN5CCOCC5)cc4)c(C)c23)c1. The lowest BCUT2D eigenvalue weighted by molar-refractivity contribution is 0.0342. The highest BCUT2D eigenvalue weighted by Crippen LogP contribution is 2.38. The normalized spacial score (nSPS) is 14.0. The van der Waals surface area contributed by atoms with Crippen LogP contribution in [-0.4, -0.2) is 44.4 Å². The maximum atomic E-state index is 12.5.